The molecule has 0 spiro atoms. The van der Waals surface area contributed by atoms with Gasteiger partial charge in [-0.05, 0) is 62.6 Å². The number of hydrogen-bond acceptors (Lipinski definition) is 7. The molecular weight excluding hydrogens is 552 g/mol. The molecule has 0 N–H and O–H groups in total. The van der Waals surface area contributed by atoms with E-state index >= 15 is 0 Å². The maximum absolute atomic E-state index is 14.1. The fourth-order valence-electron chi connectivity index (χ4n) is 6.18. The molecule has 0 bridgehead atoms. The average Bonchev–Trinajstić information content (AvgIpc) is 3.01. The third-order valence-electron chi connectivity index (χ3n) is 8.51. The number of nitrogens with zero attached hydrogens (tertiary/aromatic N) is 6. The quantitative estimate of drug-likeness (QED) is 0.296. The van der Waals surface area contributed by atoms with E-state index in [1.54, 1.807) is 9.47 Å². The number of anilines is 2. The second kappa shape index (κ2) is 13.3. The number of amides is 1. The number of carbonyl (C=O) groups excluding carboxylic acids is 1. The number of aryl methyl sites for hydroxylation is 2. The average molecular weight is 595 g/mol. The smallest absolute Gasteiger partial charge is 0.409 e. The summed E-state index contributed by atoms with van der Waals surface area (Å²) in [7, 11) is 0. The minimum atomic E-state index is -0.360. The van der Waals surface area contributed by atoms with Crippen molar-refractivity contribution in [3.8, 4) is 5.69 Å². The molecule has 9 nitrogen and oxygen atoms in total. The van der Waals surface area contributed by atoms with Gasteiger partial charge in [-0.3, -0.25) is 0 Å². The molecule has 3 aromatic rings. The number of piperazine rings is 1. The lowest BCUT2D eigenvalue weighted by atomic mass is 10.0. The number of pyridine rings is 1. The highest BCUT2D eigenvalue weighted by molar-refractivity contribution is 6.33. The minimum Gasteiger partial charge on any atom is -0.449 e. The Morgan fingerprint density at radius 2 is 1.71 bits per heavy atom. The van der Waals surface area contributed by atoms with Crippen LogP contribution in [0.2, 0.25) is 5.02 Å². The van der Waals surface area contributed by atoms with E-state index in [1.165, 1.54) is 6.42 Å². The normalized spacial score (nSPS) is 17.6. The van der Waals surface area contributed by atoms with Crippen molar-refractivity contribution in [1.29, 1.82) is 0 Å². The number of hydrogen-bond donors (Lipinski definition) is 0. The van der Waals surface area contributed by atoms with E-state index in [1.807, 2.05) is 19.1 Å². The van der Waals surface area contributed by atoms with Crippen molar-refractivity contribution in [1.82, 2.24) is 19.4 Å². The van der Waals surface area contributed by atoms with E-state index in [0.717, 1.165) is 73.8 Å². The van der Waals surface area contributed by atoms with Crippen molar-refractivity contribution in [2.75, 3.05) is 49.1 Å². The fraction of sp³-hybridized carbons (Fsp3) is 0.562. The summed E-state index contributed by atoms with van der Waals surface area (Å²) in [6, 6.07) is 8.04. The molecule has 5 rings (SSSR count). The third-order valence-corrected chi connectivity index (χ3v) is 8.79. The van der Waals surface area contributed by atoms with Crippen LogP contribution in [-0.4, -0.2) is 70.9 Å². The Labute approximate surface area is 253 Å². The van der Waals surface area contributed by atoms with Crippen LogP contribution < -0.4 is 15.5 Å². The molecule has 2 aliphatic heterocycles. The lowest BCUT2D eigenvalue weighted by Gasteiger charge is -2.40. The first-order valence-electron chi connectivity index (χ1n) is 15.6. The second-order valence-electron chi connectivity index (χ2n) is 11.4. The largest absolute Gasteiger partial charge is 0.449 e. The summed E-state index contributed by atoms with van der Waals surface area (Å²) < 4.78 is 7.16. The Hall–Kier alpha value is -3.33. The minimum absolute atomic E-state index is 0.0851. The van der Waals surface area contributed by atoms with Gasteiger partial charge in [-0.2, -0.15) is 4.98 Å². The third kappa shape index (κ3) is 5.93. The summed E-state index contributed by atoms with van der Waals surface area (Å²) in [6.07, 6.45) is 6.46. The molecule has 1 atom stereocenters. The summed E-state index contributed by atoms with van der Waals surface area (Å²) in [6.45, 7) is 12.0. The van der Waals surface area contributed by atoms with E-state index < -0.39 is 0 Å². The van der Waals surface area contributed by atoms with E-state index in [4.69, 9.17) is 26.3 Å². The van der Waals surface area contributed by atoms with Gasteiger partial charge in [0.1, 0.15) is 11.6 Å². The Kier molecular flexibility index (Phi) is 9.56. The first-order chi connectivity index (χ1) is 20.4. The molecule has 1 amide bonds. The number of piperidine rings is 1. The van der Waals surface area contributed by atoms with Crippen LogP contribution in [-0.2, 0) is 17.6 Å². The SMILES string of the molecule is CCCCOC(=O)N1CCN(c2nc(=O)n(-c3c(CC)cccc3CC)c3nc(N4CCCCC4)c(Cl)cc23)C(C)C1. The number of benzene rings is 1. The van der Waals surface area contributed by atoms with Crippen molar-refractivity contribution in [3.63, 3.8) is 0 Å². The number of carbonyl (C=O) groups is 1. The summed E-state index contributed by atoms with van der Waals surface area (Å²) in [4.78, 5) is 42.7. The Morgan fingerprint density at radius 1 is 1.00 bits per heavy atom. The van der Waals surface area contributed by atoms with Gasteiger partial charge < -0.3 is 19.4 Å². The number of para-hydroxylation sites is 1. The molecule has 1 aromatic carbocycles. The van der Waals surface area contributed by atoms with Crippen LogP contribution in [0.4, 0.5) is 16.4 Å². The van der Waals surface area contributed by atoms with Crippen molar-refractivity contribution in [3.05, 3.63) is 50.9 Å². The number of rotatable bonds is 8. The van der Waals surface area contributed by atoms with Crippen LogP contribution in [0.15, 0.2) is 29.1 Å². The monoisotopic (exact) mass is 594 g/mol. The van der Waals surface area contributed by atoms with Gasteiger partial charge in [-0.25, -0.2) is 19.1 Å². The molecule has 2 fully saturated rings. The van der Waals surface area contributed by atoms with Crippen LogP contribution in [0, 0.1) is 0 Å². The topological polar surface area (TPSA) is 83.8 Å². The van der Waals surface area contributed by atoms with E-state index in [-0.39, 0.29) is 17.8 Å². The Balaban J connectivity index is 1.63. The number of halogens is 1. The molecule has 1 unspecified atom stereocenters. The van der Waals surface area contributed by atoms with Crippen LogP contribution in [0.3, 0.4) is 0 Å². The van der Waals surface area contributed by atoms with Gasteiger partial charge in [0.15, 0.2) is 5.65 Å². The van der Waals surface area contributed by atoms with Crippen molar-refractivity contribution < 1.29 is 9.53 Å². The Bertz CT molecular complexity index is 1460. The van der Waals surface area contributed by atoms with Crippen LogP contribution in [0.25, 0.3) is 16.7 Å². The molecular formula is C32H43ClN6O3. The van der Waals surface area contributed by atoms with Gasteiger partial charge in [-0.1, -0.05) is 57.0 Å². The van der Waals surface area contributed by atoms with Crippen molar-refractivity contribution in [2.24, 2.45) is 0 Å². The van der Waals surface area contributed by atoms with Crippen molar-refractivity contribution in [2.45, 2.75) is 78.7 Å². The number of fused-ring (bicyclic) bond motifs is 1. The maximum atomic E-state index is 14.1. The van der Waals surface area contributed by atoms with E-state index in [9.17, 15) is 9.59 Å². The van der Waals surface area contributed by atoms with E-state index in [0.29, 0.717) is 48.5 Å². The van der Waals surface area contributed by atoms with Gasteiger partial charge >= 0.3 is 11.8 Å². The lowest BCUT2D eigenvalue weighted by molar-refractivity contribution is 0.0944. The second-order valence-corrected chi connectivity index (χ2v) is 11.8. The molecule has 2 aliphatic rings. The van der Waals surface area contributed by atoms with E-state index in [2.05, 4.69) is 42.7 Å². The highest BCUT2D eigenvalue weighted by Crippen LogP contribution is 2.35. The number of aromatic nitrogens is 3. The highest BCUT2D eigenvalue weighted by atomic mass is 35.5. The van der Waals surface area contributed by atoms with Crippen LogP contribution in [0.5, 0.6) is 0 Å². The Morgan fingerprint density at radius 3 is 2.36 bits per heavy atom. The molecule has 42 heavy (non-hydrogen) atoms. The van der Waals surface area contributed by atoms with Gasteiger partial charge in [0, 0.05) is 38.8 Å². The lowest BCUT2D eigenvalue weighted by Crippen LogP contribution is -2.54. The van der Waals surface area contributed by atoms with Gasteiger partial charge in [0.05, 0.1) is 22.7 Å². The number of ether oxygens (including phenoxy) is 1. The first-order valence-corrected chi connectivity index (χ1v) is 15.9. The molecule has 10 heteroatoms. The molecule has 4 heterocycles. The van der Waals surface area contributed by atoms with Gasteiger partial charge in [-0.15, -0.1) is 0 Å². The summed E-state index contributed by atoms with van der Waals surface area (Å²) >= 11 is 6.96. The zero-order valence-electron chi connectivity index (χ0n) is 25.4. The molecule has 0 radical (unpaired) electrons. The fourth-order valence-corrected chi connectivity index (χ4v) is 6.45. The van der Waals surface area contributed by atoms with Crippen LogP contribution in [0.1, 0.15) is 70.9 Å². The molecule has 0 aliphatic carbocycles. The zero-order valence-corrected chi connectivity index (χ0v) is 26.1. The molecule has 226 valence electrons. The summed E-state index contributed by atoms with van der Waals surface area (Å²) in [5, 5.41) is 1.29. The van der Waals surface area contributed by atoms with Crippen molar-refractivity contribution >= 4 is 40.4 Å². The predicted molar refractivity (Wildman–Crippen MR) is 170 cm³/mol. The van der Waals surface area contributed by atoms with Gasteiger partial charge in [0.2, 0.25) is 0 Å². The van der Waals surface area contributed by atoms with Gasteiger partial charge in [0.25, 0.3) is 0 Å². The predicted octanol–water partition coefficient (Wildman–Crippen LogP) is 6.00. The molecule has 2 aromatic heterocycles. The number of unbranched alkanes of at least 4 members (excludes halogenated alkanes) is 1. The summed E-state index contributed by atoms with van der Waals surface area (Å²) in [5.74, 6) is 1.28. The zero-order chi connectivity index (χ0) is 29.8. The summed E-state index contributed by atoms with van der Waals surface area (Å²) in [5.41, 5.74) is 3.23. The highest BCUT2D eigenvalue weighted by Gasteiger charge is 2.31. The first kappa shape index (κ1) is 30.1. The molecule has 0 saturated carbocycles. The maximum Gasteiger partial charge on any atom is 0.409 e. The molecule has 2 saturated heterocycles. The van der Waals surface area contributed by atoms with Crippen LogP contribution >= 0.6 is 11.6 Å². The standard InChI is InChI=1S/C32H43ClN6O3/c1-5-8-19-42-32(41)37-17-18-38(22(4)21-37)28-25-20-26(33)30(36-15-10-9-11-16-36)34-29(25)39(31(40)35-28)27-23(6-2)13-12-14-24(27)7-3/h12-14,20,22H,5-11,15-19,21H2,1-4H3.